The van der Waals surface area contributed by atoms with Crippen molar-refractivity contribution in [3.05, 3.63) is 75.7 Å². The molecule has 2 heterocycles. The van der Waals surface area contributed by atoms with E-state index >= 15 is 0 Å². The number of halogens is 4. The third-order valence-electron chi connectivity index (χ3n) is 5.56. The van der Waals surface area contributed by atoms with E-state index in [1.807, 2.05) is 24.3 Å². The van der Waals surface area contributed by atoms with E-state index in [1.165, 1.54) is 5.57 Å². The van der Waals surface area contributed by atoms with E-state index < -0.39 is 23.3 Å². The van der Waals surface area contributed by atoms with Gasteiger partial charge in [-0.3, -0.25) is 9.89 Å². The number of carbonyl (C=O) groups excluding carboxylic acids is 1. The minimum Gasteiger partial charge on any atom is -0.439 e. The van der Waals surface area contributed by atoms with Crippen molar-refractivity contribution in [2.45, 2.75) is 44.8 Å². The molecule has 34 heavy (non-hydrogen) atoms. The Kier molecular flexibility index (Phi) is 6.92. The number of ether oxygens (including phenoxy) is 1. The second kappa shape index (κ2) is 9.89. The fourth-order valence-electron chi connectivity index (χ4n) is 3.82. The van der Waals surface area contributed by atoms with Gasteiger partial charge in [0.15, 0.2) is 5.69 Å². The third-order valence-corrected chi connectivity index (χ3v) is 5.96. The molecule has 178 valence electrons. The summed E-state index contributed by atoms with van der Waals surface area (Å²) < 4.78 is 44.8. The molecule has 4 rings (SSSR count). The van der Waals surface area contributed by atoms with Crippen molar-refractivity contribution in [2.75, 3.05) is 0 Å². The summed E-state index contributed by atoms with van der Waals surface area (Å²) >= 11 is 6.01. The fraction of sp³-hybridized carbons (Fsp3) is 0.292. The molecule has 2 aromatic heterocycles. The topological polar surface area (TPSA) is 79.9 Å². The Hall–Kier alpha value is -3.33. The van der Waals surface area contributed by atoms with E-state index in [0.29, 0.717) is 35.2 Å². The van der Waals surface area contributed by atoms with Gasteiger partial charge in [0.1, 0.15) is 5.75 Å². The van der Waals surface area contributed by atoms with Gasteiger partial charge in [-0.1, -0.05) is 35.4 Å². The first kappa shape index (κ1) is 23.8. The first-order valence-electron chi connectivity index (χ1n) is 10.7. The maximum absolute atomic E-state index is 13.0. The molecule has 1 aliphatic carbocycles. The zero-order valence-electron chi connectivity index (χ0n) is 18.2. The Morgan fingerprint density at radius 2 is 2.00 bits per heavy atom. The second-order valence-electron chi connectivity index (χ2n) is 8.09. The van der Waals surface area contributed by atoms with Crippen molar-refractivity contribution in [2.24, 2.45) is 0 Å². The van der Waals surface area contributed by atoms with Crippen molar-refractivity contribution in [3.8, 4) is 11.6 Å². The van der Waals surface area contributed by atoms with Crippen LogP contribution in [0.15, 0.2) is 48.2 Å². The number of H-pyrrole nitrogens is 1. The number of alkyl halides is 3. The van der Waals surface area contributed by atoms with E-state index in [4.69, 9.17) is 16.3 Å². The lowest BCUT2D eigenvalue weighted by Gasteiger charge is -2.25. The summed E-state index contributed by atoms with van der Waals surface area (Å²) in [5.74, 6) is 0.328. The third kappa shape index (κ3) is 5.77. The van der Waals surface area contributed by atoms with E-state index in [2.05, 4.69) is 26.6 Å². The zero-order chi connectivity index (χ0) is 24.3. The van der Waals surface area contributed by atoms with Gasteiger partial charge in [0, 0.05) is 18.3 Å². The number of allylic oxidation sites excluding steroid dienone is 1. The lowest BCUT2D eigenvalue weighted by atomic mass is 9.89. The van der Waals surface area contributed by atoms with Crippen molar-refractivity contribution < 1.29 is 22.7 Å². The highest BCUT2D eigenvalue weighted by atomic mass is 35.5. The van der Waals surface area contributed by atoms with Crippen LogP contribution in [0.4, 0.5) is 13.2 Å². The number of nitrogens with one attached hydrogen (secondary N) is 2. The molecule has 2 N–H and O–H groups in total. The van der Waals surface area contributed by atoms with Gasteiger partial charge in [-0.25, -0.2) is 4.98 Å². The first-order chi connectivity index (χ1) is 16.2. The fourth-order valence-corrected chi connectivity index (χ4v) is 3.93. The summed E-state index contributed by atoms with van der Waals surface area (Å²) in [6.07, 6.45) is 1.10. The molecule has 0 saturated heterocycles. The minimum absolute atomic E-state index is 0.200. The van der Waals surface area contributed by atoms with Crippen LogP contribution in [0.1, 0.15) is 53.0 Å². The van der Waals surface area contributed by atoms with Gasteiger partial charge in [-0.05, 0) is 56.4 Å². The molecule has 0 unspecified atom stereocenters. The Balaban J connectivity index is 1.35. The zero-order valence-corrected chi connectivity index (χ0v) is 19.0. The molecular formula is C24H22ClF3N4O2. The molecule has 0 aliphatic heterocycles. The van der Waals surface area contributed by atoms with Crippen molar-refractivity contribution in [1.29, 1.82) is 0 Å². The summed E-state index contributed by atoms with van der Waals surface area (Å²) in [4.78, 5) is 16.6. The largest absolute Gasteiger partial charge is 0.439 e. The smallest absolute Gasteiger partial charge is 0.435 e. The molecule has 0 radical (unpaired) electrons. The van der Waals surface area contributed by atoms with Gasteiger partial charge >= 0.3 is 6.18 Å². The number of pyridine rings is 1. The summed E-state index contributed by atoms with van der Waals surface area (Å²) in [6, 6.07) is 10.8. The van der Waals surface area contributed by atoms with E-state index in [-0.39, 0.29) is 6.04 Å². The van der Waals surface area contributed by atoms with Gasteiger partial charge in [-0.2, -0.15) is 18.3 Å². The van der Waals surface area contributed by atoms with Gasteiger partial charge in [0.2, 0.25) is 5.88 Å². The van der Waals surface area contributed by atoms with Gasteiger partial charge in [0.05, 0.1) is 16.3 Å². The number of amides is 1. The predicted octanol–water partition coefficient (Wildman–Crippen LogP) is 6.33. The highest BCUT2D eigenvalue weighted by Crippen LogP contribution is 2.31. The molecule has 1 aromatic carbocycles. The van der Waals surface area contributed by atoms with Gasteiger partial charge < -0.3 is 10.1 Å². The number of aryl methyl sites for hydroxylation is 1. The molecule has 0 bridgehead atoms. The van der Waals surface area contributed by atoms with Crippen LogP contribution < -0.4 is 10.1 Å². The number of rotatable bonds is 5. The lowest BCUT2D eigenvalue weighted by Crippen LogP contribution is -2.37. The van der Waals surface area contributed by atoms with Crippen LogP contribution in [0.2, 0.25) is 5.02 Å². The standard InChI is InChI=1S/C24H22ClF3N4O2/c1-14-20(25)9-10-21(30-14)34-18-4-2-3-16(12-18)11-15-5-7-17(8-6-15)31-23(33)19-13-29-32-22(19)24(26,27)28/h2-4,9-13,17H,5-8H2,1H3,(H,29,32)(H,31,33). The average molecular weight is 491 g/mol. The van der Waals surface area contributed by atoms with Crippen LogP contribution in [0.25, 0.3) is 6.08 Å². The quantitative estimate of drug-likeness (QED) is 0.437. The molecule has 1 saturated carbocycles. The Labute approximate surface area is 199 Å². The monoisotopic (exact) mass is 490 g/mol. The minimum atomic E-state index is -4.68. The van der Waals surface area contributed by atoms with E-state index in [0.717, 1.165) is 24.6 Å². The molecule has 6 nitrogen and oxygen atoms in total. The molecule has 0 atom stereocenters. The number of hydrogen-bond acceptors (Lipinski definition) is 4. The maximum Gasteiger partial charge on any atom is 0.435 e. The molecule has 1 aliphatic rings. The van der Waals surface area contributed by atoms with Crippen LogP contribution in [0.5, 0.6) is 11.6 Å². The summed E-state index contributed by atoms with van der Waals surface area (Å²) in [7, 11) is 0. The molecular weight excluding hydrogens is 469 g/mol. The molecule has 0 spiro atoms. The molecule has 1 amide bonds. The summed E-state index contributed by atoms with van der Waals surface area (Å²) in [5.41, 5.74) is 1.16. The van der Waals surface area contributed by atoms with Crippen LogP contribution in [-0.2, 0) is 6.18 Å². The maximum atomic E-state index is 13.0. The average Bonchev–Trinajstić information content (AvgIpc) is 3.29. The second-order valence-corrected chi connectivity index (χ2v) is 8.49. The van der Waals surface area contributed by atoms with Crippen molar-refractivity contribution in [3.63, 3.8) is 0 Å². The van der Waals surface area contributed by atoms with Crippen LogP contribution in [-0.4, -0.2) is 27.1 Å². The van der Waals surface area contributed by atoms with Crippen LogP contribution in [0, 0.1) is 6.92 Å². The Bertz CT molecular complexity index is 1210. The van der Waals surface area contributed by atoms with Crippen molar-refractivity contribution in [1.82, 2.24) is 20.5 Å². The number of aromatic amines is 1. The highest BCUT2D eigenvalue weighted by molar-refractivity contribution is 6.31. The van der Waals surface area contributed by atoms with Crippen LogP contribution in [0.3, 0.4) is 0 Å². The van der Waals surface area contributed by atoms with E-state index in [9.17, 15) is 18.0 Å². The number of aromatic nitrogens is 3. The highest BCUT2D eigenvalue weighted by Gasteiger charge is 2.38. The Morgan fingerprint density at radius 3 is 2.71 bits per heavy atom. The summed E-state index contributed by atoms with van der Waals surface area (Å²) in [5, 5.41) is 8.56. The first-order valence-corrected chi connectivity index (χ1v) is 11.1. The van der Waals surface area contributed by atoms with Gasteiger partial charge in [0.25, 0.3) is 5.91 Å². The SMILES string of the molecule is Cc1nc(Oc2cccc(C=C3CCC(NC(=O)c4c[nH]nc4C(F)(F)F)CC3)c2)ccc1Cl. The normalized spacial score (nSPS) is 16.3. The molecule has 10 heteroatoms. The molecule has 1 fully saturated rings. The van der Waals surface area contributed by atoms with E-state index in [1.54, 1.807) is 19.1 Å². The Morgan fingerprint density at radius 1 is 1.24 bits per heavy atom. The van der Waals surface area contributed by atoms with Crippen LogP contribution >= 0.6 is 11.6 Å². The predicted molar refractivity (Wildman–Crippen MR) is 122 cm³/mol. The van der Waals surface area contributed by atoms with Crippen molar-refractivity contribution >= 4 is 23.6 Å². The number of benzene rings is 1. The van der Waals surface area contributed by atoms with Gasteiger partial charge in [-0.15, -0.1) is 0 Å². The summed E-state index contributed by atoms with van der Waals surface area (Å²) in [6.45, 7) is 1.80. The number of hydrogen-bond donors (Lipinski definition) is 2. The number of nitrogens with zero attached hydrogens (tertiary/aromatic N) is 2. The molecule has 3 aromatic rings. The number of carbonyl (C=O) groups is 1. The lowest BCUT2D eigenvalue weighted by molar-refractivity contribution is -0.141.